The number of alkyl halides is 21. The Hall–Kier alpha value is -2.30. The van der Waals surface area contributed by atoms with Crippen molar-refractivity contribution in [3.05, 3.63) is 11.6 Å². The number of carbonyl (C=O) groups is 1. The van der Waals surface area contributed by atoms with Crippen molar-refractivity contribution < 1.29 is 107 Å². The lowest BCUT2D eigenvalue weighted by molar-refractivity contribution is -0.473. The molecule has 2 N–H and O–H groups in total. The van der Waals surface area contributed by atoms with E-state index in [1.165, 1.54) is 0 Å². The van der Waals surface area contributed by atoms with Crippen LogP contribution in [0.4, 0.5) is 92.2 Å². The maximum atomic E-state index is 13.9. The minimum absolute atomic E-state index is 0.785. The molecular formula is C17H11F21O3. The van der Waals surface area contributed by atoms with E-state index in [1.54, 1.807) is 0 Å². The number of halogens is 21. The van der Waals surface area contributed by atoms with E-state index in [2.05, 4.69) is 0 Å². The molecule has 0 fully saturated rings. The molecule has 0 aliphatic rings. The average Bonchev–Trinajstić information content (AvgIpc) is 2.74. The van der Waals surface area contributed by atoms with Crippen LogP contribution >= 0.6 is 0 Å². The van der Waals surface area contributed by atoms with Crippen molar-refractivity contribution in [1.82, 2.24) is 0 Å². The van der Waals surface area contributed by atoms with Gasteiger partial charge in [-0.1, -0.05) is 0 Å². The molecule has 0 aliphatic heterocycles. The smallest absolute Gasteiger partial charge is 0.460 e. The van der Waals surface area contributed by atoms with Gasteiger partial charge in [0.25, 0.3) is 0 Å². The van der Waals surface area contributed by atoms with Gasteiger partial charge in [-0.15, -0.1) is 0 Å². The maximum absolute atomic E-state index is 13.9. The van der Waals surface area contributed by atoms with E-state index in [9.17, 15) is 97.0 Å². The van der Waals surface area contributed by atoms with Gasteiger partial charge in [0, 0.05) is 11.6 Å². The topological polar surface area (TPSA) is 57.5 Å². The van der Waals surface area contributed by atoms with Gasteiger partial charge in [-0.2, -0.15) is 92.2 Å². The van der Waals surface area contributed by atoms with Crippen molar-refractivity contribution in [1.29, 1.82) is 0 Å². The fourth-order valence-corrected chi connectivity index (χ4v) is 2.49. The average molecular weight is 662 g/mol. The standard InChI is InChI=1S/C17H11F21O3/c1-5(39)2-3-6(7(40)41)4-8(18,19)9(20,21)10(22,23)11(24,25)12(26,27)13(28,29)14(30,31)15(32,33)16(34,35)17(36,37)38/h4-5,39H,2-3H2,1H3,(H,40,41). The summed E-state index contributed by atoms with van der Waals surface area (Å²) in [5, 5.41) is 17.5. The molecule has 3 nitrogen and oxygen atoms in total. The van der Waals surface area contributed by atoms with Crippen LogP contribution in [-0.2, 0) is 4.79 Å². The number of hydrogen-bond donors (Lipinski definition) is 2. The van der Waals surface area contributed by atoms with Crippen LogP contribution in [-0.4, -0.2) is 81.8 Å². The predicted molar refractivity (Wildman–Crippen MR) is 87.2 cm³/mol. The number of carboxylic acid groups (broad SMARTS) is 1. The highest BCUT2D eigenvalue weighted by atomic mass is 19.4. The summed E-state index contributed by atoms with van der Waals surface area (Å²) >= 11 is 0. The van der Waals surface area contributed by atoms with Crippen LogP contribution in [0.25, 0.3) is 0 Å². The summed E-state index contributed by atoms with van der Waals surface area (Å²) in [7, 11) is 0. The molecule has 1 unspecified atom stereocenters. The van der Waals surface area contributed by atoms with Gasteiger partial charge < -0.3 is 10.2 Å². The molecule has 0 bridgehead atoms. The number of aliphatic carboxylic acids is 1. The van der Waals surface area contributed by atoms with Crippen molar-refractivity contribution >= 4 is 5.97 Å². The van der Waals surface area contributed by atoms with Crippen molar-refractivity contribution in [2.24, 2.45) is 0 Å². The van der Waals surface area contributed by atoms with Crippen molar-refractivity contribution in [3.8, 4) is 0 Å². The van der Waals surface area contributed by atoms with E-state index < -0.39 is 96.0 Å². The summed E-state index contributed by atoms with van der Waals surface area (Å²) in [4.78, 5) is 10.8. The number of hydrogen-bond acceptors (Lipinski definition) is 2. The normalized spacial score (nSPS) is 17.1. The SMILES string of the molecule is CC(O)CCC(=CC(F)(F)C(F)(F)C(F)(F)C(F)(F)C(F)(F)C(F)(F)C(F)(F)C(F)(F)C(F)(F)C(F)(F)F)C(=O)O. The Morgan fingerprint density at radius 3 is 1.07 bits per heavy atom. The first-order valence-corrected chi connectivity index (χ1v) is 9.57. The number of aliphatic hydroxyl groups is 1. The second kappa shape index (κ2) is 10.5. The monoisotopic (exact) mass is 662 g/mol. The molecule has 0 spiro atoms. The molecule has 1 atom stereocenters. The van der Waals surface area contributed by atoms with Crippen LogP contribution < -0.4 is 0 Å². The summed E-state index contributed by atoms with van der Waals surface area (Å²) in [6.45, 7) is 0.785. The molecular weight excluding hydrogens is 651 g/mol. The third-order valence-corrected chi connectivity index (χ3v) is 5.00. The number of allylic oxidation sites excluding steroid dienone is 1. The molecule has 0 amide bonds. The van der Waals surface area contributed by atoms with E-state index in [0.717, 1.165) is 6.92 Å². The third-order valence-electron chi connectivity index (χ3n) is 5.00. The first-order valence-electron chi connectivity index (χ1n) is 9.57. The molecule has 0 aromatic rings. The van der Waals surface area contributed by atoms with Crippen LogP contribution in [0.5, 0.6) is 0 Å². The highest BCUT2D eigenvalue weighted by Crippen LogP contribution is 2.66. The van der Waals surface area contributed by atoms with Crippen LogP contribution in [0.15, 0.2) is 11.6 Å². The highest BCUT2D eigenvalue weighted by Gasteiger charge is 2.97. The van der Waals surface area contributed by atoms with Gasteiger partial charge in [-0.25, -0.2) is 4.79 Å². The molecule has 0 aliphatic carbocycles. The van der Waals surface area contributed by atoms with E-state index in [-0.39, 0.29) is 0 Å². The van der Waals surface area contributed by atoms with E-state index >= 15 is 0 Å². The Bertz CT molecular complexity index is 992. The molecule has 0 saturated heterocycles. The summed E-state index contributed by atoms with van der Waals surface area (Å²) in [6, 6.07) is 0. The second-order valence-corrected chi connectivity index (χ2v) is 8.08. The largest absolute Gasteiger partial charge is 0.478 e. The number of aliphatic hydroxyl groups excluding tert-OH is 1. The zero-order chi connectivity index (χ0) is 33.9. The van der Waals surface area contributed by atoms with Gasteiger partial charge in [0.2, 0.25) is 0 Å². The Morgan fingerprint density at radius 1 is 0.561 bits per heavy atom. The molecule has 41 heavy (non-hydrogen) atoms. The Kier molecular flexibility index (Phi) is 9.87. The van der Waals surface area contributed by atoms with E-state index in [0.29, 0.717) is 0 Å². The first-order chi connectivity index (χ1) is 17.5. The quantitative estimate of drug-likeness (QED) is 0.159. The lowest BCUT2D eigenvalue weighted by Gasteiger charge is -2.44. The van der Waals surface area contributed by atoms with Crippen molar-refractivity contribution in [2.75, 3.05) is 0 Å². The molecule has 0 heterocycles. The van der Waals surface area contributed by atoms with Crippen LogP contribution in [0.1, 0.15) is 19.8 Å². The number of rotatable bonds is 13. The fraction of sp³-hybridized carbons (Fsp3) is 0.824. The lowest BCUT2D eigenvalue weighted by Crippen LogP contribution is -2.76. The highest BCUT2D eigenvalue weighted by molar-refractivity contribution is 5.86. The van der Waals surface area contributed by atoms with Gasteiger partial charge in [-0.05, 0) is 19.8 Å². The second-order valence-electron chi connectivity index (χ2n) is 8.08. The molecule has 24 heteroatoms. The van der Waals surface area contributed by atoms with Crippen LogP contribution in [0.3, 0.4) is 0 Å². The van der Waals surface area contributed by atoms with Crippen molar-refractivity contribution in [3.63, 3.8) is 0 Å². The minimum Gasteiger partial charge on any atom is -0.478 e. The van der Waals surface area contributed by atoms with Crippen molar-refractivity contribution in [2.45, 2.75) is 85.3 Å². The van der Waals surface area contributed by atoms with Gasteiger partial charge in [0.05, 0.1) is 6.10 Å². The van der Waals surface area contributed by atoms with E-state index in [4.69, 9.17) is 10.2 Å². The third kappa shape index (κ3) is 5.59. The molecule has 0 radical (unpaired) electrons. The molecule has 0 aromatic carbocycles. The van der Waals surface area contributed by atoms with Crippen LogP contribution in [0, 0.1) is 0 Å². The fourth-order valence-electron chi connectivity index (χ4n) is 2.49. The Balaban J connectivity index is 7.16. The lowest BCUT2D eigenvalue weighted by atomic mass is 9.86. The zero-order valence-electron chi connectivity index (χ0n) is 18.8. The maximum Gasteiger partial charge on any atom is 0.460 e. The summed E-state index contributed by atoms with van der Waals surface area (Å²) in [5.74, 6) is -81.3. The Morgan fingerprint density at radius 2 is 0.829 bits per heavy atom. The molecule has 244 valence electrons. The first kappa shape index (κ1) is 38.7. The van der Waals surface area contributed by atoms with Gasteiger partial charge in [0.15, 0.2) is 0 Å². The summed E-state index contributed by atoms with van der Waals surface area (Å²) < 4.78 is 280. The predicted octanol–water partition coefficient (Wildman–Crippen LogP) is 7.44. The Labute approximate surface area is 211 Å². The van der Waals surface area contributed by atoms with Gasteiger partial charge in [-0.3, -0.25) is 0 Å². The molecule has 0 saturated carbocycles. The zero-order valence-corrected chi connectivity index (χ0v) is 18.8. The van der Waals surface area contributed by atoms with Crippen LogP contribution in [0.2, 0.25) is 0 Å². The van der Waals surface area contributed by atoms with E-state index in [1.807, 2.05) is 0 Å². The van der Waals surface area contributed by atoms with Gasteiger partial charge in [0.1, 0.15) is 0 Å². The summed E-state index contributed by atoms with van der Waals surface area (Å²) in [6.07, 6.45) is -14.0. The molecule has 0 rings (SSSR count). The number of carboxylic acids is 1. The van der Waals surface area contributed by atoms with Gasteiger partial charge >= 0.3 is 65.4 Å². The summed E-state index contributed by atoms with van der Waals surface area (Å²) in [5.41, 5.74) is -2.16. The molecule has 0 aromatic heterocycles. The minimum atomic E-state index is -9.28.